The largest absolute Gasteiger partial charge is 0.462 e. The molecule has 0 aromatic heterocycles. The summed E-state index contributed by atoms with van der Waals surface area (Å²) in [4.78, 5) is 21.5. The van der Waals surface area contributed by atoms with Gasteiger partial charge in [-0.2, -0.15) is 0 Å². The standard InChI is InChI=1S/C9H16N2O3/c1-14-9(13)8(12)11-6-2-5-10-7-3-4-7/h7,10H,2-6H2,1H3,(H,11,12). The van der Waals surface area contributed by atoms with E-state index in [0.717, 1.165) is 13.0 Å². The molecule has 0 radical (unpaired) electrons. The number of hydrogen-bond acceptors (Lipinski definition) is 4. The Hall–Kier alpha value is -1.10. The van der Waals surface area contributed by atoms with E-state index in [2.05, 4.69) is 15.4 Å². The maximum Gasteiger partial charge on any atom is 0.396 e. The Bertz CT molecular complexity index is 214. The number of nitrogens with one attached hydrogen (secondary N) is 2. The molecule has 5 heteroatoms. The van der Waals surface area contributed by atoms with Crippen LogP contribution < -0.4 is 10.6 Å². The second-order valence-electron chi connectivity index (χ2n) is 3.33. The van der Waals surface area contributed by atoms with Crippen molar-refractivity contribution >= 4 is 11.9 Å². The molecular weight excluding hydrogens is 184 g/mol. The highest BCUT2D eigenvalue weighted by atomic mass is 16.5. The average molecular weight is 200 g/mol. The Morgan fingerprint density at radius 1 is 1.36 bits per heavy atom. The van der Waals surface area contributed by atoms with E-state index < -0.39 is 11.9 Å². The third-order valence-electron chi connectivity index (χ3n) is 2.02. The lowest BCUT2D eigenvalue weighted by atomic mass is 10.4. The van der Waals surface area contributed by atoms with Gasteiger partial charge in [-0.3, -0.25) is 4.79 Å². The number of methoxy groups -OCH3 is 1. The summed E-state index contributed by atoms with van der Waals surface area (Å²) in [6.45, 7) is 1.39. The van der Waals surface area contributed by atoms with Gasteiger partial charge < -0.3 is 15.4 Å². The zero-order valence-corrected chi connectivity index (χ0v) is 8.34. The van der Waals surface area contributed by atoms with Crippen LogP contribution in [0.3, 0.4) is 0 Å². The lowest BCUT2D eigenvalue weighted by molar-refractivity contribution is -0.152. The van der Waals surface area contributed by atoms with E-state index in [-0.39, 0.29) is 0 Å². The van der Waals surface area contributed by atoms with Crippen LogP contribution >= 0.6 is 0 Å². The first-order valence-electron chi connectivity index (χ1n) is 4.83. The van der Waals surface area contributed by atoms with Gasteiger partial charge in [0.1, 0.15) is 0 Å². The van der Waals surface area contributed by atoms with Crippen LogP contribution in [0.4, 0.5) is 0 Å². The third-order valence-corrected chi connectivity index (χ3v) is 2.02. The maximum atomic E-state index is 10.9. The highest BCUT2D eigenvalue weighted by Crippen LogP contribution is 2.18. The number of rotatable bonds is 5. The van der Waals surface area contributed by atoms with Crippen molar-refractivity contribution in [3.05, 3.63) is 0 Å². The summed E-state index contributed by atoms with van der Waals surface area (Å²) in [5.41, 5.74) is 0. The van der Waals surface area contributed by atoms with Gasteiger partial charge in [0.05, 0.1) is 7.11 Å². The first-order valence-corrected chi connectivity index (χ1v) is 4.83. The summed E-state index contributed by atoms with van der Waals surface area (Å²) in [6, 6.07) is 0.686. The summed E-state index contributed by atoms with van der Waals surface area (Å²) in [5, 5.41) is 5.78. The van der Waals surface area contributed by atoms with Crippen LogP contribution in [0.25, 0.3) is 0 Å². The molecule has 0 aliphatic heterocycles. The van der Waals surface area contributed by atoms with Gasteiger partial charge in [-0.15, -0.1) is 0 Å². The summed E-state index contributed by atoms with van der Waals surface area (Å²) in [7, 11) is 1.19. The van der Waals surface area contributed by atoms with Gasteiger partial charge in [-0.25, -0.2) is 4.79 Å². The molecule has 0 aromatic rings. The van der Waals surface area contributed by atoms with Gasteiger partial charge in [0, 0.05) is 12.6 Å². The van der Waals surface area contributed by atoms with Crippen LogP contribution in [-0.4, -0.2) is 38.1 Å². The fourth-order valence-corrected chi connectivity index (χ4v) is 1.05. The minimum absolute atomic E-state index is 0.508. The summed E-state index contributed by atoms with van der Waals surface area (Å²) >= 11 is 0. The van der Waals surface area contributed by atoms with Crippen molar-refractivity contribution in [2.45, 2.75) is 25.3 Å². The van der Waals surface area contributed by atoms with Crippen molar-refractivity contribution in [3.8, 4) is 0 Å². The van der Waals surface area contributed by atoms with Gasteiger partial charge >= 0.3 is 11.9 Å². The molecule has 0 saturated heterocycles. The van der Waals surface area contributed by atoms with Gasteiger partial charge in [0.25, 0.3) is 0 Å². The van der Waals surface area contributed by atoms with Crippen LogP contribution in [-0.2, 0) is 14.3 Å². The predicted octanol–water partition coefficient (Wildman–Crippen LogP) is -0.582. The molecule has 1 amide bonds. The number of hydrogen-bond donors (Lipinski definition) is 2. The molecule has 1 aliphatic carbocycles. The van der Waals surface area contributed by atoms with Gasteiger partial charge in [-0.05, 0) is 25.8 Å². The quantitative estimate of drug-likeness (QED) is 0.354. The van der Waals surface area contributed by atoms with Crippen LogP contribution in [0, 0.1) is 0 Å². The molecule has 0 heterocycles. The van der Waals surface area contributed by atoms with E-state index in [9.17, 15) is 9.59 Å². The van der Waals surface area contributed by atoms with Crippen molar-refractivity contribution in [1.82, 2.24) is 10.6 Å². The van der Waals surface area contributed by atoms with E-state index in [4.69, 9.17) is 0 Å². The van der Waals surface area contributed by atoms with Crippen molar-refractivity contribution in [2.24, 2.45) is 0 Å². The second kappa shape index (κ2) is 5.59. The van der Waals surface area contributed by atoms with Crippen molar-refractivity contribution < 1.29 is 14.3 Å². The van der Waals surface area contributed by atoms with Gasteiger partial charge in [0.2, 0.25) is 0 Å². The smallest absolute Gasteiger partial charge is 0.396 e. The van der Waals surface area contributed by atoms with E-state index in [1.54, 1.807) is 0 Å². The molecule has 0 spiro atoms. The van der Waals surface area contributed by atoms with Crippen LogP contribution in [0.5, 0.6) is 0 Å². The molecule has 5 nitrogen and oxygen atoms in total. The fourth-order valence-electron chi connectivity index (χ4n) is 1.05. The summed E-state index contributed by atoms with van der Waals surface area (Å²) < 4.78 is 4.25. The minimum atomic E-state index is -0.833. The van der Waals surface area contributed by atoms with Crippen molar-refractivity contribution in [2.75, 3.05) is 20.2 Å². The van der Waals surface area contributed by atoms with Crippen molar-refractivity contribution in [3.63, 3.8) is 0 Å². The van der Waals surface area contributed by atoms with Gasteiger partial charge in [0.15, 0.2) is 0 Å². The first kappa shape index (κ1) is 11.0. The molecule has 0 aromatic carbocycles. The highest BCUT2D eigenvalue weighted by molar-refractivity contribution is 6.32. The maximum absolute atomic E-state index is 10.9. The number of carbonyl (C=O) groups excluding carboxylic acids is 2. The van der Waals surface area contributed by atoms with Crippen molar-refractivity contribution in [1.29, 1.82) is 0 Å². The molecule has 14 heavy (non-hydrogen) atoms. The monoisotopic (exact) mass is 200 g/mol. The molecule has 1 rings (SSSR count). The topological polar surface area (TPSA) is 67.4 Å². The summed E-state index contributed by atoms with van der Waals surface area (Å²) in [6.07, 6.45) is 3.35. The molecule has 0 bridgehead atoms. The molecule has 0 atom stereocenters. The molecule has 1 aliphatic rings. The molecule has 80 valence electrons. The number of carbonyl (C=O) groups is 2. The predicted molar refractivity (Wildman–Crippen MR) is 50.7 cm³/mol. The number of esters is 1. The van der Waals surface area contributed by atoms with Crippen LogP contribution in [0.15, 0.2) is 0 Å². The molecular formula is C9H16N2O3. The first-order chi connectivity index (χ1) is 6.74. The van der Waals surface area contributed by atoms with E-state index in [1.165, 1.54) is 20.0 Å². The van der Waals surface area contributed by atoms with E-state index >= 15 is 0 Å². The Balaban J connectivity index is 1.91. The van der Waals surface area contributed by atoms with Crippen LogP contribution in [0.1, 0.15) is 19.3 Å². The van der Waals surface area contributed by atoms with Gasteiger partial charge in [-0.1, -0.05) is 0 Å². The summed E-state index contributed by atoms with van der Waals surface area (Å²) in [5.74, 6) is -1.50. The lowest BCUT2D eigenvalue weighted by Crippen LogP contribution is -2.33. The Morgan fingerprint density at radius 2 is 2.07 bits per heavy atom. The highest BCUT2D eigenvalue weighted by Gasteiger charge is 2.19. The average Bonchev–Trinajstić information content (AvgIpc) is 2.99. The lowest BCUT2D eigenvalue weighted by Gasteiger charge is -2.04. The van der Waals surface area contributed by atoms with E-state index in [1.807, 2.05) is 0 Å². The Kier molecular flexibility index (Phi) is 4.39. The zero-order valence-electron chi connectivity index (χ0n) is 8.34. The molecule has 0 unspecified atom stereocenters. The normalized spacial score (nSPS) is 14.9. The Labute approximate surface area is 83.2 Å². The fraction of sp³-hybridized carbons (Fsp3) is 0.778. The van der Waals surface area contributed by atoms with Crippen LogP contribution in [0.2, 0.25) is 0 Å². The second-order valence-corrected chi connectivity index (χ2v) is 3.33. The SMILES string of the molecule is COC(=O)C(=O)NCCCNC1CC1. The minimum Gasteiger partial charge on any atom is -0.462 e. The number of amides is 1. The van der Waals surface area contributed by atoms with E-state index in [0.29, 0.717) is 12.6 Å². The molecule has 1 saturated carbocycles. The molecule has 2 N–H and O–H groups in total. The molecule has 1 fully saturated rings. The Morgan fingerprint density at radius 3 is 2.64 bits per heavy atom. The number of ether oxygens (including phenoxy) is 1. The third kappa shape index (κ3) is 4.23. The zero-order chi connectivity index (χ0) is 10.4.